The third-order valence-corrected chi connectivity index (χ3v) is 3.85. The number of rotatable bonds is 4. The normalized spacial score (nSPS) is 21.1. The third kappa shape index (κ3) is 3.85. The summed E-state index contributed by atoms with van der Waals surface area (Å²) in [5.74, 6) is 0.783. The highest BCUT2D eigenvalue weighted by molar-refractivity contribution is 5.25. The highest BCUT2D eigenvalue weighted by Gasteiger charge is 2.13. The van der Waals surface area contributed by atoms with Crippen LogP contribution in [0.5, 0.6) is 0 Å². The Balaban J connectivity index is 1.96. The topological polar surface area (TPSA) is 12.0 Å². The molecule has 1 nitrogen and oxygen atoms in total. The largest absolute Gasteiger partial charge is 0.317 e. The molecule has 1 N–H and O–H groups in total. The zero-order chi connectivity index (χ0) is 11.9. The van der Waals surface area contributed by atoms with Gasteiger partial charge < -0.3 is 5.32 Å². The number of unbranched alkanes of at least 4 members (excludes halogenated alkanes) is 1. The predicted molar refractivity (Wildman–Crippen MR) is 74.5 cm³/mol. The van der Waals surface area contributed by atoms with Crippen molar-refractivity contribution in [3.05, 3.63) is 35.4 Å². The Labute approximate surface area is 106 Å². The second kappa shape index (κ2) is 6.80. The molecule has 1 heteroatoms. The van der Waals surface area contributed by atoms with E-state index in [1.54, 1.807) is 5.56 Å². The summed E-state index contributed by atoms with van der Waals surface area (Å²) < 4.78 is 0. The van der Waals surface area contributed by atoms with Gasteiger partial charge in [-0.25, -0.2) is 0 Å². The fourth-order valence-corrected chi connectivity index (χ4v) is 2.69. The summed E-state index contributed by atoms with van der Waals surface area (Å²) >= 11 is 0. The fraction of sp³-hybridized carbons (Fsp3) is 0.625. The molecule has 1 fully saturated rings. The first-order valence-corrected chi connectivity index (χ1v) is 7.19. The van der Waals surface area contributed by atoms with Crippen molar-refractivity contribution >= 4 is 0 Å². The van der Waals surface area contributed by atoms with Crippen molar-refractivity contribution in [3.8, 4) is 0 Å². The maximum atomic E-state index is 3.49. The minimum Gasteiger partial charge on any atom is -0.317 e. The molecule has 0 amide bonds. The second-order valence-electron chi connectivity index (χ2n) is 5.22. The molecule has 0 bridgehead atoms. The van der Waals surface area contributed by atoms with E-state index < -0.39 is 0 Å². The van der Waals surface area contributed by atoms with E-state index in [0.29, 0.717) is 0 Å². The third-order valence-electron chi connectivity index (χ3n) is 3.85. The zero-order valence-electron chi connectivity index (χ0n) is 11.0. The van der Waals surface area contributed by atoms with Crippen molar-refractivity contribution < 1.29 is 0 Å². The van der Waals surface area contributed by atoms with Crippen LogP contribution in [0.1, 0.15) is 56.1 Å². The van der Waals surface area contributed by atoms with Crippen LogP contribution in [0.4, 0.5) is 0 Å². The number of hydrogen-bond acceptors (Lipinski definition) is 1. The summed E-state index contributed by atoms with van der Waals surface area (Å²) in [6.07, 6.45) is 7.81. The Bertz CT molecular complexity index is 307. The van der Waals surface area contributed by atoms with Crippen LogP contribution in [-0.2, 0) is 6.42 Å². The summed E-state index contributed by atoms with van der Waals surface area (Å²) in [6, 6.07) is 9.40. The molecule has 1 aliphatic heterocycles. The Morgan fingerprint density at radius 3 is 2.71 bits per heavy atom. The smallest absolute Gasteiger partial charge is 0.00431 e. The van der Waals surface area contributed by atoms with Crippen LogP contribution < -0.4 is 5.32 Å². The van der Waals surface area contributed by atoms with Crippen LogP contribution in [-0.4, -0.2) is 13.1 Å². The highest BCUT2D eigenvalue weighted by atomic mass is 14.8. The van der Waals surface area contributed by atoms with Crippen LogP contribution in [0.25, 0.3) is 0 Å². The van der Waals surface area contributed by atoms with E-state index in [4.69, 9.17) is 0 Å². The molecule has 1 unspecified atom stereocenters. The van der Waals surface area contributed by atoms with Crippen molar-refractivity contribution in [1.82, 2.24) is 5.32 Å². The van der Waals surface area contributed by atoms with Crippen molar-refractivity contribution in [3.63, 3.8) is 0 Å². The molecule has 0 spiro atoms. The van der Waals surface area contributed by atoms with Gasteiger partial charge in [-0.15, -0.1) is 0 Å². The second-order valence-corrected chi connectivity index (χ2v) is 5.22. The zero-order valence-corrected chi connectivity index (χ0v) is 11.0. The average molecular weight is 231 g/mol. The number of aryl methyl sites for hydroxylation is 1. The molecule has 1 aromatic carbocycles. The van der Waals surface area contributed by atoms with Crippen molar-refractivity contribution in [2.75, 3.05) is 13.1 Å². The fourth-order valence-electron chi connectivity index (χ4n) is 2.69. The van der Waals surface area contributed by atoms with Crippen molar-refractivity contribution in [1.29, 1.82) is 0 Å². The molecule has 0 radical (unpaired) electrons. The standard InChI is InChI=1S/C16H25N/c1-2-3-5-14-7-9-16(10-8-14)15-6-4-12-17-13-11-15/h7-10,15,17H,2-6,11-13H2,1H3. The summed E-state index contributed by atoms with van der Waals surface area (Å²) in [5, 5.41) is 3.49. The molecular formula is C16H25N. The Morgan fingerprint density at radius 1 is 1.12 bits per heavy atom. The van der Waals surface area contributed by atoms with E-state index in [1.165, 1.54) is 57.2 Å². The molecule has 17 heavy (non-hydrogen) atoms. The lowest BCUT2D eigenvalue weighted by Gasteiger charge is -2.14. The molecule has 0 saturated carbocycles. The van der Waals surface area contributed by atoms with E-state index in [1.807, 2.05) is 0 Å². The first-order chi connectivity index (χ1) is 8.40. The first kappa shape index (κ1) is 12.6. The quantitative estimate of drug-likeness (QED) is 0.829. The van der Waals surface area contributed by atoms with Crippen LogP contribution >= 0.6 is 0 Å². The molecule has 0 aliphatic carbocycles. The first-order valence-electron chi connectivity index (χ1n) is 7.19. The Morgan fingerprint density at radius 2 is 1.94 bits per heavy atom. The van der Waals surface area contributed by atoms with Gasteiger partial charge in [0.2, 0.25) is 0 Å². The lowest BCUT2D eigenvalue weighted by molar-refractivity contribution is 0.609. The van der Waals surface area contributed by atoms with E-state index in [-0.39, 0.29) is 0 Å². The molecule has 1 saturated heterocycles. The SMILES string of the molecule is CCCCc1ccc(C2CCCNCC2)cc1. The van der Waals surface area contributed by atoms with Gasteiger partial charge in [0.25, 0.3) is 0 Å². The summed E-state index contributed by atoms with van der Waals surface area (Å²) in [4.78, 5) is 0. The number of hydrogen-bond donors (Lipinski definition) is 1. The van der Waals surface area contributed by atoms with E-state index >= 15 is 0 Å². The van der Waals surface area contributed by atoms with E-state index in [9.17, 15) is 0 Å². The van der Waals surface area contributed by atoms with Crippen molar-refractivity contribution in [2.24, 2.45) is 0 Å². The minimum atomic E-state index is 0.783. The summed E-state index contributed by atoms with van der Waals surface area (Å²) in [7, 11) is 0. The van der Waals surface area contributed by atoms with E-state index in [0.717, 1.165) is 5.92 Å². The Hall–Kier alpha value is -0.820. The maximum Gasteiger partial charge on any atom is -0.00431 e. The van der Waals surface area contributed by atoms with Gasteiger partial charge in [-0.2, -0.15) is 0 Å². The molecule has 1 atom stereocenters. The lowest BCUT2D eigenvalue weighted by atomic mass is 9.91. The van der Waals surface area contributed by atoms with Crippen LogP contribution in [0.3, 0.4) is 0 Å². The highest BCUT2D eigenvalue weighted by Crippen LogP contribution is 2.26. The van der Waals surface area contributed by atoms with Gasteiger partial charge in [-0.05, 0) is 62.2 Å². The van der Waals surface area contributed by atoms with Gasteiger partial charge in [0.15, 0.2) is 0 Å². The average Bonchev–Trinajstić information content (AvgIpc) is 2.66. The molecule has 1 aromatic rings. The van der Waals surface area contributed by atoms with Crippen molar-refractivity contribution in [2.45, 2.75) is 51.4 Å². The van der Waals surface area contributed by atoms with E-state index in [2.05, 4.69) is 36.5 Å². The maximum absolute atomic E-state index is 3.49. The van der Waals surface area contributed by atoms with Gasteiger partial charge in [-0.3, -0.25) is 0 Å². The van der Waals surface area contributed by atoms with Crippen LogP contribution in [0, 0.1) is 0 Å². The van der Waals surface area contributed by atoms with Gasteiger partial charge in [0, 0.05) is 0 Å². The van der Waals surface area contributed by atoms with Crippen LogP contribution in [0.15, 0.2) is 24.3 Å². The number of benzene rings is 1. The molecule has 1 heterocycles. The predicted octanol–water partition coefficient (Wildman–Crippen LogP) is 3.89. The summed E-state index contributed by atoms with van der Waals surface area (Å²) in [6.45, 7) is 4.64. The van der Waals surface area contributed by atoms with Gasteiger partial charge >= 0.3 is 0 Å². The summed E-state index contributed by atoms with van der Waals surface area (Å²) in [5.41, 5.74) is 3.05. The number of nitrogens with one attached hydrogen (secondary N) is 1. The molecule has 2 rings (SSSR count). The Kier molecular flexibility index (Phi) is 5.06. The minimum absolute atomic E-state index is 0.783. The monoisotopic (exact) mass is 231 g/mol. The van der Waals surface area contributed by atoms with Gasteiger partial charge in [0.05, 0.1) is 0 Å². The molecule has 94 valence electrons. The lowest BCUT2D eigenvalue weighted by Crippen LogP contribution is -2.13. The van der Waals surface area contributed by atoms with Gasteiger partial charge in [-0.1, -0.05) is 37.6 Å². The molecular weight excluding hydrogens is 206 g/mol. The molecule has 1 aliphatic rings. The van der Waals surface area contributed by atoms with Gasteiger partial charge in [0.1, 0.15) is 0 Å². The molecule has 0 aromatic heterocycles. The van der Waals surface area contributed by atoms with Crippen LogP contribution in [0.2, 0.25) is 0 Å².